The highest BCUT2D eigenvalue weighted by Crippen LogP contribution is 2.21. The lowest BCUT2D eigenvalue weighted by Crippen LogP contribution is -2.08. The molecule has 0 saturated carbocycles. The predicted molar refractivity (Wildman–Crippen MR) is 100 cm³/mol. The molecular weight excluding hydrogens is 306 g/mol. The van der Waals surface area contributed by atoms with Gasteiger partial charge in [0.2, 0.25) is 0 Å². The summed E-state index contributed by atoms with van der Waals surface area (Å²) in [6.45, 7) is 5.30. The maximum absolute atomic E-state index is 4.73. The Bertz CT molecular complexity index is 945. The fourth-order valence-corrected chi connectivity index (χ4v) is 3.12. The van der Waals surface area contributed by atoms with Gasteiger partial charge in [0, 0.05) is 36.5 Å². The fraction of sp³-hybridized carbons (Fsp3) is 0.273. The third kappa shape index (κ3) is 3.34. The van der Waals surface area contributed by atoms with Crippen LogP contribution in [0, 0.1) is 25.7 Å². The van der Waals surface area contributed by atoms with E-state index in [0.717, 1.165) is 35.5 Å². The van der Waals surface area contributed by atoms with Crippen LogP contribution in [0.3, 0.4) is 0 Å². The summed E-state index contributed by atoms with van der Waals surface area (Å²) in [5, 5.41) is 0. The Morgan fingerprint density at radius 3 is 2.52 bits per heavy atom. The standard InChI is InChI=1S/C22H21N3/c1-16-6-7-18(13-17(16)2)8-9-19-10-11-20(23-14-19)21-15-25-12-4-3-5-22(25)24-21/h6-7,10-11,13-15H,3-5,12H2,1-2H3. The number of hydrogen-bond acceptors (Lipinski definition) is 2. The van der Waals surface area contributed by atoms with Crippen molar-refractivity contribution >= 4 is 0 Å². The van der Waals surface area contributed by atoms with E-state index in [1.807, 2.05) is 18.3 Å². The van der Waals surface area contributed by atoms with Gasteiger partial charge in [0.05, 0.1) is 5.69 Å². The van der Waals surface area contributed by atoms with Crippen molar-refractivity contribution < 1.29 is 0 Å². The van der Waals surface area contributed by atoms with Crippen molar-refractivity contribution in [1.82, 2.24) is 14.5 Å². The summed E-state index contributed by atoms with van der Waals surface area (Å²) in [6.07, 6.45) is 7.50. The second kappa shape index (κ2) is 6.57. The lowest BCUT2D eigenvalue weighted by Gasteiger charge is -2.11. The van der Waals surface area contributed by atoms with Crippen LogP contribution in [-0.4, -0.2) is 14.5 Å². The van der Waals surface area contributed by atoms with Crippen molar-refractivity contribution in [3.05, 3.63) is 70.8 Å². The molecule has 0 unspecified atom stereocenters. The highest BCUT2D eigenvalue weighted by atomic mass is 15.1. The Morgan fingerprint density at radius 1 is 0.920 bits per heavy atom. The molecule has 0 atom stereocenters. The Morgan fingerprint density at radius 2 is 1.76 bits per heavy atom. The highest BCUT2D eigenvalue weighted by Gasteiger charge is 2.13. The number of hydrogen-bond donors (Lipinski definition) is 0. The number of aromatic nitrogens is 3. The topological polar surface area (TPSA) is 30.7 Å². The van der Waals surface area contributed by atoms with Gasteiger partial charge in [0.1, 0.15) is 11.5 Å². The van der Waals surface area contributed by atoms with E-state index in [0.29, 0.717) is 0 Å². The second-order valence-electron chi connectivity index (χ2n) is 6.67. The molecule has 1 aliphatic rings. The molecule has 3 aromatic rings. The molecule has 0 saturated heterocycles. The number of rotatable bonds is 1. The third-order valence-electron chi connectivity index (χ3n) is 4.79. The van der Waals surface area contributed by atoms with E-state index in [4.69, 9.17) is 4.98 Å². The number of imidazole rings is 1. The van der Waals surface area contributed by atoms with Gasteiger partial charge in [0.15, 0.2) is 0 Å². The lowest BCUT2D eigenvalue weighted by molar-refractivity contribution is 0.522. The Hall–Kier alpha value is -2.86. The quantitative estimate of drug-likeness (QED) is 0.624. The van der Waals surface area contributed by atoms with E-state index in [1.54, 1.807) is 0 Å². The van der Waals surface area contributed by atoms with Crippen LogP contribution in [0.1, 0.15) is 40.9 Å². The fourth-order valence-electron chi connectivity index (χ4n) is 3.12. The molecule has 3 heterocycles. The third-order valence-corrected chi connectivity index (χ3v) is 4.79. The van der Waals surface area contributed by atoms with Crippen LogP contribution in [0.2, 0.25) is 0 Å². The zero-order valence-corrected chi connectivity index (χ0v) is 14.7. The summed E-state index contributed by atoms with van der Waals surface area (Å²) >= 11 is 0. The Balaban J connectivity index is 1.55. The van der Waals surface area contributed by atoms with Crippen LogP contribution in [-0.2, 0) is 13.0 Å². The van der Waals surface area contributed by atoms with Crippen LogP contribution in [0.5, 0.6) is 0 Å². The predicted octanol–water partition coefficient (Wildman–Crippen LogP) is 4.30. The van der Waals surface area contributed by atoms with Crippen molar-refractivity contribution in [3.63, 3.8) is 0 Å². The molecule has 0 spiro atoms. The average molecular weight is 327 g/mol. The zero-order chi connectivity index (χ0) is 17.2. The van der Waals surface area contributed by atoms with E-state index in [2.05, 4.69) is 59.6 Å². The summed E-state index contributed by atoms with van der Waals surface area (Å²) in [5.41, 5.74) is 6.40. The smallest absolute Gasteiger partial charge is 0.109 e. The minimum Gasteiger partial charge on any atom is -0.334 e. The van der Waals surface area contributed by atoms with Crippen molar-refractivity contribution in [2.24, 2.45) is 0 Å². The molecule has 3 nitrogen and oxygen atoms in total. The molecule has 4 rings (SSSR count). The molecule has 1 aliphatic heterocycles. The van der Waals surface area contributed by atoms with Gasteiger partial charge in [-0.1, -0.05) is 17.9 Å². The second-order valence-corrected chi connectivity index (χ2v) is 6.67. The van der Waals surface area contributed by atoms with Crippen molar-refractivity contribution in [3.8, 4) is 23.2 Å². The number of aryl methyl sites for hydroxylation is 4. The summed E-state index contributed by atoms with van der Waals surface area (Å²) in [6, 6.07) is 10.3. The van der Waals surface area contributed by atoms with E-state index in [9.17, 15) is 0 Å². The van der Waals surface area contributed by atoms with Gasteiger partial charge in [-0.3, -0.25) is 4.98 Å². The van der Waals surface area contributed by atoms with Gasteiger partial charge in [-0.2, -0.15) is 0 Å². The molecular formula is C22H21N3. The molecule has 0 N–H and O–H groups in total. The van der Waals surface area contributed by atoms with Crippen LogP contribution >= 0.6 is 0 Å². The molecule has 2 aromatic heterocycles. The van der Waals surface area contributed by atoms with Gasteiger partial charge in [-0.25, -0.2) is 4.98 Å². The normalized spacial score (nSPS) is 13.0. The highest BCUT2D eigenvalue weighted by molar-refractivity contribution is 5.55. The van der Waals surface area contributed by atoms with Gasteiger partial charge in [0.25, 0.3) is 0 Å². The van der Waals surface area contributed by atoms with E-state index in [-0.39, 0.29) is 0 Å². The Kier molecular flexibility index (Phi) is 4.11. The molecule has 0 amide bonds. The van der Waals surface area contributed by atoms with E-state index >= 15 is 0 Å². The molecule has 0 fully saturated rings. The first kappa shape index (κ1) is 15.7. The summed E-state index contributed by atoms with van der Waals surface area (Å²) in [7, 11) is 0. The average Bonchev–Trinajstić information content (AvgIpc) is 3.07. The van der Waals surface area contributed by atoms with Crippen molar-refractivity contribution in [2.75, 3.05) is 0 Å². The Labute approximate surface area is 148 Å². The molecule has 0 radical (unpaired) electrons. The summed E-state index contributed by atoms with van der Waals surface area (Å²) in [5.74, 6) is 7.60. The number of fused-ring (bicyclic) bond motifs is 1. The van der Waals surface area contributed by atoms with E-state index in [1.165, 1.54) is 29.8 Å². The minimum absolute atomic E-state index is 0.915. The number of nitrogens with zero attached hydrogens (tertiary/aromatic N) is 3. The van der Waals surface area contributed by atoms with Crippen LogP contribution < -0.4 is 0 Å². The van der Waals surface area contributed by atoms with Crippen molar-refractivity contribution in [2.45, 2.75) is 39.7 Å². The van der Waals surface area contributed by atoms with Crippen molar-refractivity contribution in [1.29, 1.82) is 0 Å². The van der Waals surface area contributed by atoms with Crippen LogP contribution in [0.25, 0.3) is 11.4 Å². The molecule has 3 heteroatoms. The molecule has 0 aliphatic carbocycles. The largest absolute Gasteiger partial charge is 0.334 e. The SMILES string of the molecule is Cc1ccc(C#Cc2ccc(-c3cn4c(n3)CCCC4)nc2)cc1C. The van der Waals surface area contributed by atoms with Gasteiger partial charge in [-0.05, 0) is 62.1 Å². The number of benzene rings is 1. The zero-order valence-electron chi connectivity index (χ0n) is 14.7. The summed E-state index contributed by atoms with van der Waals surface area (Å²) in [4.78, 5) is 9.28. The van der Waals surface area contributed by atoms with Gasteiger partial charge in [-0.15, -0.1) is 0 Å². The maximum atomic E-state index is 4.73. The van der Waals surface area contributed by atoms with E-state index < -0.39 is 0 Å². The molecule has 1 aromatic carbocycles. The van der Waals surface area contributed by atoms with Crippen LogP contribution in [0.4, 0.5) is 0 Å². The lowest BCUT2D eigenvalue weighted by atomic mass is 10.1. The molecule has 124 valence electrons. The first-order valence-corrected chi connectivity index (χ1v) is 8.81. The minimum atomic E-state index is 0.915. The monoisotopic (exact) mass is 327 g/mol. The van der Waals surface area contributed by atoms with Crippen LogP contribution in [0.15, 0.2) is 42.7 Å². The number of pyridine rings is 1. The first-order chi connectivity index (χ1) is 12.2. The first-order valence-electron chi connectivity index (χ1n) is 8.81. The molecule has 25 heavy (non-hydrogen) atoms. The summed E-state index contributed by atoms with van der Waals surface area (Å²) < 4.78 is 2.26. The maximum Gasteiger partial charge on any atom is 0.109 e. The van der Waals surface area contributed by atoms with Gasteiger partial charge >= 0.3 is 0 Å². The van der Waals surface area contributed by atoms with Gasteiger partial charge < -0.3 is 4.57 Å². The molecule has 0 bridgehead atoms.